The molecule has 0 heterocycles. The summed E-state index contributed by atoms with van der Waals surface area (Å²) in [5.41, 5.74) is 0. The zero-order chi connectivity index (χ0) is 32.7. The van der Waals surface area contributed by atoms with Gasteiger partial charge in [0.15, 0.2) is 0 Å². The fraction of sp³-hybridized carbons (Fsp3) is 0.814. The summed E-state index contributed by atoms with van der Waals surface area (Å²) < 4.78 is 6.43. The second kappa shape index (κ2) is 39.1. The molecule has 0 aromatic heterocycles. The number of nitrogens with zero attached hydrogens (tertiary/aromatic N) is 1. The Hall–Kier alpha value is -1.12. The van der Waals surface area contributed by atoms with Crippen molar-refractivity contribution in [2.45, 2.75) is 200 Å². The van der Waals surface area contributed by atoms with Gasteiger partial charge in [0.2, 0.25) is 0 Å². The van der Waals surface area contributed by atoms with E-state index in [-0.39, 0.29) is 0 Å². The van der Waals surface area contributed by atoms with E-state index in [1.54, 1.807) is 0 Å². The highest BCUT2D eigenvalue weighted by Crippen LogP contribution is 2.18. The molecule has 45 heavy (non-hydrogen) atoms. The van der Waals surface area contributed by atoms with Crippen molar-refractivity contribution in [3.63, 3.8) is 0 Å². The average molecular weight is 628 g/mol. The van der Waals surface area contributed by atoms with Crippen LogP contribution in [0.4, 0.5) is 0 Å². The van der Waals surface area contributed by atoms with E-state index in [0.717, 1.165) is 19.4 Å². The van der Waals surface area contributed by atoms with Gasteiger partial charge in [0.05, 0.1) is 6.10 Å². The van der Waals surface area contributed by atoms with E-state index in [2.05, 4.69) is 81.5 Å². The standard InChI is InChI=1S/C43H81NO/c1-5-7-9-11-13-15-17-19-21-23-25-27-29-31-33-35-39-43(45-42-38-37-41-44(3)4)40-36-34-32-30-28-26-24-22-20-18-16-14-12-10-8-6-2/h13-16,19-22,43H,5-12,17-18,23-42H2,1-4H3/b15-13-,16-14-,21-19-,22-20-. The van der Waals surface area contributed by atoms with Crippen molar-refractivity contribution in [1.29, 1.82) is 0 Å². The molecule has 0 radical (unpaired) electrons. The van der Waals surface area contributed by atoms with Gasteiger partial charge in [-0.2, -0.15) is 0 Å². The fourth-order valence-electron chi connectivity index (χ4n) is 5.81. The Bertz CT molecular complexity index is 613. The van der Waals surface area contributed by atoms with Crippen LogP contribution in [0.15, 0.2) is 48.6 Å². The van der Waals surface area contributed by atoms with Crippen LogP contribution in [0.25, 0.3) is 0 Å². The molecule has 2 nitrogen and oxygen atoms in total. The molecule has 264 valence electrons. The maximum absolute atomic E-state index is 6.43. The SMILES string of the molecule is CCCCC/C=C\C/C=C\CCCCCCCCC(CCCCCCCC/C=C\C/C=C\CCCCC)OCCCCN(C)C. The van der Waals surface area contributed by atoms with Gasteiger partial charge in [-0.1, -0.05) is 152 Å². The van der Waals surface area contributed by atoms with Crippen LogP contribution in [0.5, 0.6) is 0 Å². The number of hydrogen-bond donors (Lipinski definition) is 0. The van der Waals surface area contributed by atoms with E-state index >= 15 is 0 Å². The molecule has 0 aliphatic heterocycles. The first-order valence-electron chi connectivity index (χ1n) is 20.1. The number of allylic oxidation sites excluding steroid dienone is 8. The maximum atomic E-state index is 6.43. The molecular weight excluding hydrogens is 546 g/mol. The van der Waals surface area contributed by atoms with Gasteiger partial charge >= 0.3 is 0 Å². The first kappa shape index (κ1) is 43.9. The summed E-state index contributed by atoms with van der Waals surface area (Å²) in [6.07, 6.45) is 56.1. The van der Waals surface area contributed by atoms with Crippen molar-refractivity contribution in [3.8, 4) is 0 Å². The van der Waals surface area contributed by atoms with Gasteiger partial charge in [0, 0.05) is 6.61 Å². The lowest BCUT2D eigenvalue weighted by molar-refractivity contribution is 0.0353. The summed E-state index contributed by atoms with van der Waals surface area (Å²) >= 11 is 0. The van der Waals surface area contributed by atoms with Crippen LogP contribution in [0.3, 0.4) is 0 Å². The Kier molecular flexibility index (Phi) is 38.1. The number of hydrogen-bond acceptors (Lipinski definition) is 2. The van der Waals surface area contributed by atoms with Crippen LogP contribution in [0, 0.1) is 0 Å². The molecule has 0 aliphatic rings. The lowest BCUT2D eigenvalue weighted by Crippen LogP contribution is -2.16. The summed E-state index contributed by atoms with van der Waals surface area (Å²) in [4.78, 5) is 2.28. The van der Waals surface area contributed by atoms with Crippen molar-refractivity contribution in [1.82, 2.24) is 4.90 Å². The molecule has 0 atom stereocenters. The minimum Gasteiger partial charge on any atom is -0.378 e. The highest BCUT2D eigenvalue weighted by atomic mass is 16.5. The van der Waals surface area contributed by atoms with Gasteiger partial charge in [0.1, 0.15) is 0 Å². The molecule has 0 aliphatic carbocycles. The predicted molar refractivity (Wildman–Crippen MR) is 205 cm³/mol. The van der Waals surface area contributed by atoms with Gasteiger partial charge in [-0.15, -0.1) is 0 Å². The Morgan fingerprint density at radius 1 is 0.422 bits per heavy atom. The van der Waals surface area contributed by atoms with Crippen molar-refractivity contribution in [2.24, 2.45) is 0 Å². The Morgan fingerprint density at radius 2 is 0.800 bits per heavy atom. The fourth-order valence-corrected chi connectivity index (χ4v) is 5.81. The zero-order valence-corrected chi connectivity index (χ0v) is 31.3. The molecule has 0 bridgehead atoms. The van der Waals surface area contributed by atoms with Crippen molar-refractivity contribution in [2.75, 3.05) is 27.2 Å². The second-order valence-electron chi connectivity index (χ2n) is 13.7. The predicted octanol–water partition coefficient (Wildman–Crippen LogP) is 14.1. The molecule has 0 unspecified atom stereocenters. The topological polar surface area (TPSA) is 12.5 Å². The highest BCUT2D eigenvalue weighted by Gasteiger charge is 2.09. The van der Waals surface area contributed by atoms with E-state index in [0.29, 0.717) is 6.10 Å². The van der Waals surface area contributed by atoms with E-state index < -0.39 is 0 Å². The van der Waals surface area contributed by atoms with Crippen LogP contribution in [-0.2, 0) is 4.74 Å². The lowest BCUT2D eigenvalue weighted by atomic mass is 10.0. The molecule has 0 aromatic rings. The molecular formula is C43H81NO. The average Bonchev–Trinajstić information content (AvgIpc) is 3.03. The van der Waals surface area contributed by atoms with Crippen molar-refractivity contribution < 1.29 is 4.74 Å². The summed E-state index contributed by atoms with van der Waals surface area (Å²) in [5, 5.41) is 0. The van der Waals surface area contributed by atoms with E-state index in [1.165, 1.54) is 173 Å². The Morgan fingerprint density at radius 3 is 1.20 bits per heavy atom. The summed E-state index contributed by atoms with van der Waals surface area (Å²) in [6.45, 7) is 6.66. The first-order valence-corrected chi connectivity index (χ1v) is 20.1. The molecule has 0 N–H and O–H groups in total. The minimum absolute atomic E-state index is 0.487. The molecule has 0 fully saturated rings. The maximum Gasteiger partial charge on any atom is 0.0575 e. The molecule has 0 aromatic carbocycles. The van der Waals surface area contributed by atoms with E-state index in [4.69, 9.17) is 4.74 Å². The Balaban J connectivity index is 3.88. The number of rotatable bonds is 36. The minimum atomic E-state index is 0.487. The number of ether oxygens (including phenoxy) is 1. The molecule has 2 heteroatoms. The second-order valence-corrected chi connectivity index (χ2v) is 13.7. The monoisotopic (exact) mass is 628 g/mol. The molecule has 0 spiro atoms. The van der Waals surface area contributed by atoms with Crippen LogP contribution in [0.1, 0.15) is 194 Å². The summed E-state index contributed by atoms with van der Waals surface area (Å²) in [7, 11) is 4.33. The third kappa shape index (κ3) is 39.0. The summed E-state index contributed by atoms with van der Waals surface area (Å²) in [6, 6.07) is 0. The quantitative estimate of drug-likeness (QED) is 0.0506. The van der Waals surface area contributed by atoms with Gasteiger partial charge in [0.25, 0.3) is 0 Å². The largest absolute Gasteiger partial charge is 0.378 e. The molecule has 0 rings (SSSR count). The van der Waals surface area contributed by atoms with Gasteiger partial charge < -0.3 is 9.64 Å². The van der Waals surface area contributed by atoms with Crippen LogP contribution in [0.2, 0.25) is 0 Å². The summed E-state index contributed by atoms with van der Waals surface area (Å²) in [5.74, 6) is 0. The zero-order valence-electron chi connectivity index (χ0n) is 31.3. The van der Waals surface area contributed by atoms with Gasteiger partial charge in [-0.3, -0.25) is 0 Å². The van der Waals surface area contributed by atoms with Gasteiger partial charge in [-0.25, -0.2) is 0 Å². The van der Waals surface area contributed by atoms with Crippen molar-refractivity contribution >= 4 is 0 Å². The third-order valence-corrected chi connectivity index (χ3v) is 8.81. The molecule has 0 saturated heterocycles. The normalized spacial score (nSPS) is 12.6. The van der Waals surface area contributed by atoms with Crippen molar-refractivity contribution in [3.05, 3.63) is 48.6 Å². The smallest absolute Gasteiger partial charge is 0.0575 e. The van der Waals surface area contributed by atoms with Gasteiger partial charge in [-0.05, 0) is 111 Å². The van der Waals surface area contributed by atoms with Crippen LogP contribution >= 0.6 is 0 Å². The Labute approximate surface area is 284 Å². The first-order chi connectivity index (χ1) is 22.2. The lowest BCUT2D eigenvalue weighted by Gasteiger charge is -2.18. The molecule has 0 saturated carbocycles. The highest BCUT2D eigenvalue weighted by molar-refractivity contribution is 4.93. The van der Waals surface area contributed by atoms with Crippen LogP contribution in [-0.4, -0.2) is 38.3 Å². The van der Waals surface area contributed by atoms with Crippen LogP contribution < -0.4 is 0 Å². The third-order valence-electron chi connectivity index (χ3n) is 8.81. The number of unbranched alkanes of at least 4 members (excludes halogenated alkanes) is 19. The molecule has 0 amide bonds. The van der Waals surface area contributed by atoms with E-state index in [1.807, 2.05) is 0 Å². The van der Waals surface area contributed by atoms with E-state index in [9.17, 15) is 0 Å².